The van der Waals surface area contributed by atoms with Crippen LogP contribution in [0.3, 0.4) is 0 Å². The maximum Gasteiger partial charge on any atom is 0.0388 e. The predicted molar refractivity (Wildman–Crippen MR) is 33.9 cm³/mol. The van der Waals surface area contributed by atoms with E-state index in [0.29, 0.717) is 0 Å². The molecule has 0 saturated heterocycles. The van der Waals surface area contributed by atoms with E-state index in [1.54, 1.807) is 0 Å². The van der Waals surface area contributed by atoms with Crippen molar-refractivity contribution in [2.24, 2.45) is 4.99 Å². The Morgan fingerprint density at radius 2 is 2.14 bits per heavy atom. The summed E-state index contributed by atoms with van der Waals surface area (Å²) in [6, 6.07) is 0. The lowest BCUT2D eigenvalue weighted by Crippen LogP contribution is -1.62. The molecule has 0 radical (unpaired) electrons. The molecule has 1 heteroatoms. The number of aliphatic imine (C=N–C) groups is 1. The average molecular weight is 99.2 g/mol. The summed E-state index contributed by atoms with van der Waals surface area (Å²) in [5, 5.41) is 0. The second kappa shape index (κ2) is 5.67. The second-order valence-electron chi connectivity index (χ2n) is 1.23. The fourth-order valence-electron chi connectivity index (χ4n) is 0.456. The number of hydrogen-bond acceptors (Lipinski definition) is 1. The van der Waals surface area contributed by atoms with E-state index in [1.165, 1.54) is 12.8 Å². The Bertz CT molecular complexity index is 42.1. The van der Waals surface area contributed by atoms with E-state index in [4.69, 9.17) is 0 Å². The highest BCUT2D eigenvalue weighted by atomic mass is 14.7. The van der Waals surface area contributed by atoms with Gasteiger partial charge in [-0.3, -0.25) is 4.99 Å². The van der Waals surface area contributed by atoms with Crippen LogP contribution >= 0.6 is 0 Å². The van der Waals surface area contributed by atoms with Gasteiger partial charge < -0.3 is 0 Å². The smallest absolute Gasteiger partial charge is 0.0388 e. The second-order valence-corrected chi connectivity index (χ2v) is 1.23. The number of hydrogen-bond donors (Lipinski definition) is 0. The monoisotopic (exact) mass is 99.1 g/mol. The van der Waals surface area contributed by atoms with E-state index in [2.05, 4.69) is 4.99 Å². The van der Waals surface area contributed by atoms with Crippen molar-refractivity contribution in [1.29, 1.82) is 0 Å². The lowest BCUT2D eigenvalue weighted by Gasteiger charge is -1.67. The highest BCUT2D eigenvalue weighted by molar-refractivity contribution is 5.58. The first-order valence-electron chi connectivity index (χ1n) is 2.98. The maximum atomic E-state index is 3.96. The fourth-order valence-corrected chi connectivity index (χ4v) is 0.456. The average Bonchev–Trinajstić information content (AvgIpc) is 2.23. The van der Waals surface area contributed by atoms with Crippen LogP contribution in [-0.2, 0) is 0 Å². The molecule has 1 aliphatic rings. The Morgan fingerprint density at radius 1 is 1.43 bits per heavy atom. The molecule has 0 amide bonds. The lowest BCUT2D eigenvalue weighted by atomic mass is 10.4. The summed E-state index contributed by atoms with van der Waals surface area (Å²) >= 11 is 0. The number of nitrogens with zero attached hydrogens (tertiary/aromatic N) is 1. The molecule has 0 fully saturated rings. The molecule has 1 nitrogen and oxygen atoms in total. The van der Waals surface area contributed by atoms with Crippen LogP contribution in [0.15, 0.2) is 4.99 Å². The van der Waals surface area contributed by atoms with Crippen molar-refractivity contribution >= 4 is 6.21 Å². The third kappa shape index (κ3) is 3.50. The van der Waals surface area contributed by atoms with Crippen LogP contribution in [0.25, 0.3) is 0 Å². The van der Waals surface area contributed by atoms with Gasteiger partial charge in [-0.05, 0) is 19.1 Å². The summed E-state index contributed by atoms with van der Waals surface area (Å²) in [5.74, 6) is 0. The zero-order valence-corrected chi connectivity index (χ0v) is 5.15. The minimum absolute atomic E-state index is 1.07. The topological polar surface area (TPSA) is 12.4 Å². The van der Waals surface area contributed by atoms with E-state index in [0.717, 1.165) is 6.54 Å². The number of rotatable bonds is 0. The Labute approximate surface area is 45.5 Å². The van der Waals surface area contributed by atoms with Gasteiger partial charge in [0.15, 0.2) is 0 Å². The maximum absolute atomic E-state index is 3.96. The third-order valence-corrected chi connectivity index (χ3v) is 0.750. The van der Waals surface area contributed by atoms with Crippen molar-refractivity contribution in [3.05, 3.63) is 0 Å². The Morgan fingerprint density at radius 3 is 2.29 bits per heavy atom. The van der Waals surface area contributed by atoms with Gasteiger partial charge in [0.25, 0.3) is 0 Å². The van der Waals surface area contributed by atoms with Crippen molar-refractivity contribution in [2.75, 3.05) is 6.54 Å². The molecule has 1 rings (SSSR count). The fraction of sp³-hybridized carbons (Fsp3) is 0.833. The quantitative estimate of drug-likeness (QED) is 0.439. The molecule has 0 unspecified atom stereocenters. The molecular formula is C6H13N. The molecule has 0 spiro atoms. The first kappa shape index (κ1) is 6.67. The van der Waals surface area contributed by atoms with Crippen LogP contribution in [-0.4, -0.2) is 12.8 Å². The first-order chi connectivity index (χ1) is 3.50. The molecule has 0 aromatic carbocycles. The summed E-state index contributed by atoms with van der Waals surface area (Å²) in [4.78, 5) is 3.96. The minimum Gasteiger partial charge on any atom is -0.298 e. The largest absolute Gasteiger partial charge is 0.298 e. The third-order valence-electron chi connectivity index (χ3n) is 0.750. The van der Waals surface area contributed by atoms with E-state index in [1.807, 2.05) is 20.1 Å². The molecule has 0 aromatic rings. The zero-order valence-electron chi connectivity index (χ0n) is 5.15. The minimum atomic E-state index is 1.07. The van der Waals surface area contributed by atoms with E-state index >= 15 is 0 Å². The van der Waals surface area contributed by atoms with Crippen LogP contribution in [0.1, 0.15) is 26.7 Å². The molecule has 0 N–H and O–H groups in total. The SMILES string of the molecule is C1=NCCC1.CC. The predicted octanol–water partition coefficient (Wildman–Crippen LogP) is 1.88. The molecule has 0 saturated carbocycles. The molecule has 1 aliphatic heterocycles. The van der Waals surface area contributed by atoms with Crippen molar-refractivity contribution in [3.63, 3.8) is 0 Å². The first-order valence-corrected chi connectivity index (χ1v) is 2.98. The summed E-state index contributed by atoms with van der Waals surface area (Å²) in [6.45, 7) is 5.07. The lowest BCUT2D eigenvalue weighted by molar-refractivity contribution is 0.952. The van der Waals surface area contributed by atoms with E-state index in [-0.39, 0.29) is 0 Å². The Balaban J connectivity index is 0.000000162. The van der Waals surface area contributed by atoms with Gasteiger partial charge in [0, 0.05) is 6.54 Å². The molecule has 0 atom stereocenters. The van der Waals surface area contributed by atoms with Gasteiger partial charge >= 0.3 is 0 Å². The molecule has 0 bridgehead atoms. The molecule has 0 aliphatic carbocycles. The van der Waals surface area contributed by atoms with Crippen LogP contribution in [0.2, 0.25) is 0 Å². The van der Waals surface area contributed by atoms with E-state index in [9.17, 15) is 0 Å². The van der Waals surface area contributed by atoms with Gasteiger partial charge in [0.2, 0.25) is 0 Å². The highest BCUT2D eigenvalue weighted by Crippen LogP contribution is 1.92. The zero-order chi connectivity index (χ0) is 5.54. The Hall–Kier alpha value is -0.330. The van der Waals surface area contributed by atoms with Gasteiger partial charge in [0.1, 0.15) is 0 Å². The van der Waals surface area contributed by atoms with Gasteiger partial charge in [-0.1, -0.05) is 13.8 Å². The summed E-state index contributed by atoms with van der Waals surface area (Å²) in [5.41, 5.74) is 0. The highest BCUT2D eigenvalue weighted by Gasteiger charge is 1.85. The van der Waals surface area contributed by atoms with E-state index < -0.39 is 0 Å². The van der Waals surface area contributed by atoms with Crippen molar-refractivity contribution in [1.82, 2.24) is 0 Å². The van der Waals surface area contributed by atoms with Gasteiger partial charge in [0.05, 0.1) is 0 Å². The summed E-state index contributed by atoms with van der Waals surface area (Å²) < 4.78 is 0. The van der Waals surface area contributed by atoms with Crippen LogP contribution in [0, 0.1) is 0 Å². The van der Waals surface area contributed by atoms with Crippen LogP contribution in [0.4, 0.5) is 0 Å². The van der Waals surface area contributed by atoms with Gasteiger partial charge in [-0.25, -0.2) is 0 Å². The van der Waals surface area contributed by atoms with Gasteiger partial charge in [-0.2, -0.15) is 0 Å². The molecule has 42 valence electrons. The molecular weight excluding hydrogens is 86.1 g/mol. The van der Waals surface area contributed by atoms with Crippen molar-refractivity contribution in [3.8, 4) is 0 Å². The molecule has 7 heavy (non-hydrogen) atoms. The van der Waals surface area contributed by atoms with Crippen LogP contribution in [0.5, 0.6) is 0 Å². The standard InChI is InChI=1S/C4H7N.C2H6/c1-2-4-5-3-1;1-2/h3H,1-2,4H2;1-2H3. The van der Waals surface area contributed by atoms with Gasteiger partial charge in [-0.15, -0.1) is 0 Å². The summed E-state index contributed by atoms with van der Waals surface area (Å²) in [7, 11) is 0. The molecule has 0 aromatic heterocycles. The van der Waals surface area contributed by atoms with Crippen LogP contribution < -0.4 is 0 Å². The summed E-state index contributed by atoms with van der Waals surface area (Å²) in [6.07, 6.45) is 4.47. The van der Waals surface area contributed by atoms with Crippen molar-refractivity contribution < 1.29 is 0 Å². The Kier molecular flexibility index (Phi) is 5.40. The van der Waals surface area contributed by atoms with Crippen molar-refractivity contribution in [2.45, 2.75) is 26.7 Å². The molecule has 1 heterocycles. The normalized spacial score (nSPS) is 15.7.